The first-order chi connectivity index (χ1) is 12.7. The van der Waals surface area contributed by atoms with Gasteiger partial charge in [-0.05, 0) is 42.0 Å². The van der Waals surface area contributed by atoms with Crippen LogP contribution < -0.4 is 5.32 Å². The third kappa shape index (κ3) is 2.74. The van der Waals surface area contributed by atoms with E-state index in [1.165, 1.54) is 0 Å². The second-order valence-electron chi connectivity index (χ2n) is 7.45. The topological polar surface area (TPSA) is 41.6 Å². The molecule has 2 aromatic rings. The Morgan fingerprint density at radius 2 is 1.54 bits per heavy atom. The van der Waals surface area contributed by atoms with E-state index < -0.39 is 5.60 Å². The molecule has 2 fully saturated rings. The Bertz CT molecular complexity index is 713. The van der Waals surface area contributed by atoms with Crippen molar-refractivity contribution in [1.29, 1.82) is 0 Å². The van der Waals surface area contributed by atoms with Crippen molar-refractivity contribution in [3.63, 3.8) is 0 Å². The molecule has 0 spiro atoms. The van der Waals surface area contributed by atoms with Crippen LogP contribution in [-0.4, -0.2) is 44.6 Å². The first-order valence-corrected chi connectivity index (χ1v) is 9.31. The van der Waals surface area contributed by atoms with Crippen LogP contribution in [0.25, 0.3) is 0 Å². The molecule has 0 radical (unpaired) electrons. The van der Waals surface area contributed by atoms with Crippen LogP contribution in [0.2, 0.25) is 0 Å². The summed E-state index contributed by atoms with van der Waals surface area (Å²) in [6, 6.07) is 19.6. The molecule has 1 aliphatic heterocycles. The van der Waals surface area contributed by atoms with Crippen molar-refractivity contribution >= 4 is 5.91 Å². The van der Waals surface area contributed by atoms with E-state index in [1.54, 1.807) is 7.11 Å². The average molecular weight is 350 g/mol. The van der Waals surface area contributed by atoms with Crippen molar-refractivity contribution in [2.24, 2.45) is 17.8 Å². The van der Waals surface area contributed by atoms with Crippen molar-refractivity contribution < 1.29 is 9.53 Å². The minimum atomic E-state index is -1.11. The van der Waals surface area contributed by atoms with E-state index in [4.69, 9.17) is 4.74 Å². The number of benzene rings is 2. The van der Waals surface area contributed by atoms with E-state index >= 15 is 0 Å². The minimum Gasteiger partial charge on any atom is -0.359 e. The number of rotatable bonds is 6. The van der Waals surface area contributed by atoms with Gasteiger partial charge in [0.1, 0.15) is 0 Å². The number of hydrogen-bond acceptors (Lipinski definition) is 3. The predicted octanol–water partition coefficient (Wildman–Crippen LogP) is 2.50. The quantitative estimate of drug-likeness (QED) is 0.870. The van der Waals surface area contributed by atoms with Gasteiger partial charge in [-0.15, -0.1) is 0 Å². The summed E-state index contributed by atoms with van der Waals surface area (Å²) in [4.78, 5) is 15.5. The summed E-state index contributed by atoms with van der Waals surface area (Å²) < 4.78 is 5.99. The fourth-order valence-corrected chi connectivity index (χ4v) is 4.57. The van der Waals surface area contributed by atoms with Crippen LogP contribution in [0.3, 0.4) is 0 Å². The number of hydrogen-bond donors (Lipinski definition) is 1. The molecule has 2 aromatic carbocycles. The molecular formula is C22H26N2O2. The van der Waals surface area contributed by atoms with Crippen LogP contribution in [0.5, 0.6) is 0 Å². The number of nitrogens with one attached hydrogen (secondary N) is 1. The number of likely N-dealkylation sites (N-methyl/N-ethyl adjacent to an activating group) is 1. The van der Waals surface area contributed by atoms with Crippen LogP contribution >= 0.6 is 0 Å². The number of nitrogens with zero attached hydrogens (tertiary/aromatic N) is 1. The van der Waals surface area contributed by atoms with Gasteiger partial charge < -0.3 is 15.0 Å². The summed E-state index contributed by atoms with van der Waals surface area (Å²) in [5.74, 6) is 2.08. The van der Waals surface area contributed by atoms with Gasteiger partial charge in [-0.3, -0.25) is 4.79 Å². The average Bonchev–Trinajstić information content (AvgIpc) is 3.11. The summed E-state index contributed by atoms with van der Waals surface area (Å²) in [5.41, 5.74) is 0.617. The number of carbonyl (C=O) groups excluding carboxylic acids is 1. The Kier molecular flexibility index (Phi) is 4.55. The second-order valence-corrected chi connectivity index (χ2v) is 7.45. The Hall–Kier alpha value is -2.17. The fraction of sp³-hybridized carbons (Fsp3) is 0.409. The molecule has 2 atom stereocenters. The standard InChI is InChI=1S/C22H26N2O2/c1-24(15-20-18-13-23-14-19(18)20)21(25)22(26-2,16-9-5-3-6-10-16)17-11-7-4-8-12-17/h3-12,18-20,23H,13-15H2,1-2H3. The smallest absolute Gasteiger partial charge is 0.263 e. The zero-order valence-electron chi connectivity index (χ0n) is 15.4. The van der Waals surface area contributed by atoms with E-state index in [9.17, 15) is 4.79 Å². The van der Waals surface area contributed by atoms with Gasteiger partial charge in [-0.2, -0.15) is 0 Å². The van der Waals surface area contributed by atoms with Crippen molar-refractivity contribution in [2.45, 2.75) is 5.60 Å². The maximum absolute atomic E-state index is 13.7. The first kappa shape index (κ1) is 17.3. The van der Waals surface area contributed by atoms with Crippen molar-refractivity contribution in [3.05, 3.63) is 71.8 Å². The predicted molar refractivity (Wildman–Crippen MR) is 102 cm³/mol. The summed E-state index contributed by atoms with van der Waals surface area (Å²) >= 11 is 0. The van der Waals surface area contributed by atoms with Crippen LogP contribution in [0.1, 0.15) is 11.1 Å². The van der Waals surface area contributed by atoms with Gasteiger partial charge in [0, 0.05) is 20.7 Å². The van der Waals surface area contributed by atoms with E-state index in [2.05, 4.69) is 5.32 Å². The van der Waals surface area contributed by atoms with Crippen LogP contribution in [0.15, 0.2) is 60.7 Å². The molecule has 136 valence electrons. The van der Waals surface area contributed by atoms with Gasteiger partial charge in [-0.1, -0.05) is 60.7 Å². The molecule has 1 amide bonds. The Labute approximate surface area is 155 Å². The molecule has 26 heavy (non-hydrogen) atoms. The van der Waals surface area contributed by atoms with E-state index in [-0.39, 0.29) is 5.91 Å². The molecule has 4 rings (SSSR count). The molecule has 4 heteroatoms. The number of carbonyl (C=O) groups is 1. The molecule has 1 N–H and O–H groups in total. The molecule has 0 aromatic heterocycles. The lowest BCUT2D eigenvalue weighted by Crippen LogP contribution is -2.48. The molecule has 0 bridgehead atoms. The number of methoxy groups -OCH3 is 1. The lowest BCUT2D eigenvalue weighted by molar-refractivity contribution is -0.150. The summed E-state index contributed by atoms with van der Waals surface area (Å²) in [6.07, 6.45) is 0. The van der Waals surface area contributed by atoms with Gasteiger partial charge in [0.2, 0.25) is 0 Å². The zero-order valence-corrected chi connectivity index (χ0v) is 15.4. The molecule has 1 aliphatic carbocycles. The largest absolute Gasteiger partial charge is 0.359 e. The SMILES string of the molecule is COC(C(=O)N(C)CC1C2CNCC21)(c1ccccc1)c1ccccc1. The fourth-order valence-electron chi connectivity index (χ4n) is 4.57. The van der Waals surface area contributed by atoms with Crippen molar-refractivity contribution in [2.75, 3.05) is 33.8 Å². The number of amides is 1. The Balaban J connectivity index is 1.67. The van der Waals surface area contributed by atoms with Gasteiger partial charge in [0.15, 0.2) is 5.60 Å². The lowest BCUT2D eigenvalue weighted by Gasteiger charge is -2.36. The van der Waals surface area contributed by atoms with Crippen LogP contribution in [-0.2, 0) is 15.1 Å². The lowest BCUT2D eigenvalue weighted by atomic mass is 9.84. The highest BCUT2D eigenvalue weighted by molar-refractivity contribution is 5.90. The van der Waals surface area contributed by atoms with E-state index in [1.807, 2.05) is 72.6 Å². The van der Waals surface area contributed by atoms with Crippen molar-refractivity contribution in [3.8, 4) is 0 Å². The molecule has 1 saturated carbocycles. The molecule has 2 unspecified atom stereocenters. The van der Waals surface area contributed by atoms with Crippen molar-refractivity contribution in [1.82, 2.24) is 10.2 Å². The monoisotopic (exact) mass is 350 g/mol. The second kappa shape index (κ2) is 6.86. The number of ether oxygens (including phenoxy) is 1. The van der Waals surface area contributed by atoms with Gasteiger partial charge in [-0.25, -0.2) is 0 Å². The Morgan fingerprint density at radius 3 is 2.00 bits per heavy atom. The zero-order chi connectivity index (χ0) is 18.1. The minimum absolute atomic E-state index is 0.00432. The molecular weight excluding hydrogens is 324 g/mol. The maximum Gasteiger partial charge on any atom is 0.263 e. The highest BCUT2D eigenvalue weighted by Gasteiger charge is 2.54. The highest BCUT2D eigenvalue weighted by Crippen LogP contribution is 2.49. The molecule has 1 heterocycles. The van der Waals surface area contributed by atoms with Gasteiger partial charge >= 0.3 is 0 Å². The number of piperidine rings is 1. The van der Waals surface area contributed by atoms with Crippen LogP contribution in [0.4, 0.5) is 0 Å². The van der Waals surface area contributed by atoms with Gasteiger partial charge in [0.05, 0.1) is 0 Å². The highest BCUT2D eigenvalue weighted by atomic mass is 16.5. The normalized spacial score (nSPS) is 24.2. The summed E-state index contributed by atoms with van der Waals surface area (Å²) in [7, 11) is 3.53. The summed E-state index contributed by atoms with van der Waals surface area (Å²) in [6.45, 7) is 2.97. The molecule has 1 saturated heterocycles. The number of fused-ring (bicyclic) bond motifs is 1. The first-order valence-electron chi connectivity index (χ1n) is 9.31. The Morgan fingerprint density at radius 1 is 1.04 bits per heavy atom. The summed E-state index contributed by atoms with van der Waals surface area (Å²) in [5, 5.41) is 3.42. The van der Waals surface area contributed by atoms with E-state index in [0.29, 0.717) is 5.92 Å². The maximum atomic E-state index is 13.7. The van der Waals surface area contributed by atoms with E-state index in [0.717, 1.165) is 42.6 Å². The van der Waals surface area contributed by atoms with Crippen LogP contribution in [0, 0.1) is 17.8 Å². The molecule has 4 nitrogen and oxygen atoms in total. The van der Waals surface area contributed by atoms with Gasteiger partial charge in [0.25, 0.3) is 5.91 Å². The third-order valence-corrected chi connectivity index (χ3v) is 6.07. The molecule has 2 aliphatic rings. The third-order valence-electron chi connectivity index (χ3n) is 6.07.